The zero-order chi connectivity index (χ0) is 18.6. The highest BCUT2D eigenvalue weighted by Crippen LogP contribution is 2.29. The largest absolute Gasteiger partial charge is 0.508 e. The Morgan fingerprint density at radius 3 is 2.00 bits per heavy atom. The Hall–Kier alpha value is -1.76. The maximum absolute atomic E-state index is 10.1. The van der Waals surface area contributed by atoms with Crippen molar-refractivity contribution in [1.82, 2.24) is 0 Å². The molecule has 0 saturated carbocycles. The van der Waals surface area contributed by atoms with Crippen LogP contribution in [0.2, 0.25) is 0 Å². The first-order valence-electron chi connectivity index (χ1n) is 10.6. The van der Waals surface area contributed by atoms with Crippen molar-refractivity contribution in [2.45, 2.75) is 84.0 Å². The molecule has 1 atom stereocenters. The Kier molecular flexibility index (Phi) is 9.31. The molecule has 0 saturated heterocycles. The van der Waals surface area contributed by atoms with Gasteiger partial charge in [-0.1, -0.05) is 101 Å². The molecule has 1 N–H and O–H groups in total. The highest BCUT2D eigenvalue weighted by Gasteiger charge is 2.12. The third-order valence-electron chi connectivity index (χ3n) is 5.41. The number of aromatic hydroxyl groups is 1. The van der Waals surface area contributed by atoms with Crippen molar-refractivity contribution in [3.05, 3.63) is 65.2 Å². The first-order valence-corrected chi connectivity index (χ1v) is 10.6. The first-order chi connectivity index (χ1) is 12.7. The Labute approximate surface area is 160 Å². The third kappa shape index (κ3) is 6.86. The Morgan fingerprint density at radius 1 is 0.731 bits per heavy atom. The second-order valence-corrected chi connectivity index (χ2v) is 7.66. The van der Waals surface area contributed by atoms with E-state index in [2.05, 4.69) is 38.1 Å². The molecule has 1 nitrogen and oxygen atoms in total. The molecule has 0 aromatic heterocycles. The molecule has 26 heavy (non-hydrogen) atoms. The summed E-state index contributed by atoms with van der Waals surface area (Å²) in [7, 11) is 0. The van der Waals surface area contributed by atoms with E-state index in [9.17, 15) is 5.11 Å². The molecule has 0 spiro atoms. The van der Waals surface area contributed by atoms with Crippen molar-refractivity contribution >= 4 is 0 Å². The van der Waals surface area contributed by atoms with Crippen LogP contribution in [-0.2, 0) is 12.8 Å². The molecule has 0 radical (unpaired) electrons. The standard InChI is InChI=1S/C25H36O/c1-3-4-5-6-7-8-9-10-15-22-16-11-12-17-23(22)20-21(2)24-18-13-14-19-25(24)26/h11-14,16-19,21,26H,3-10,15,20H2,1-2H3. The highest BCUT2D eigenvalue weighted by atomic mass is 16.3. The molecule has 0 amide bonds. The number of unbranched alkanes of at least 4 members (excludes halogenated alkanes) is 7. The summed E-state index contributed by atoms with van der Waals surface area (Å²) in [6, 6.07) is 16.6. The van der Waals surface area contributed by atoms with Gasteiger partial charge in [-0.05, 0) is 47.9 Å². The Morgan fingerprint density at radius 2 is 1.31 bits per heavy atom. The molecule has 1 unspecified atom stereocenters. The van der Waals surface area contributed by atoms with Gasteiger partial charge in [0.25, 0.3) is 0 Å². The number of phenols is 1. The smallest absolute Gasteiger partial charge is 0.119 e. The van der Waals surface area contributed by atoms with E-state index >= 15 is 0 Å². The minimum atomic E-state index is 0.330. The minimum Gasteiger partial charge on any atom is -0.508 e. The lowest BCUT2D eigenvalue weighted by molar-refractivity contribution is 0.462. The van der Waals surface area contributed by atoms with Crippen LogP contribution in [0.15, 0.2) is 48.5 Å². The van der Waals surface area contributed by atoms with Crippen LogP contribution in [0.4, 0.5) is 0 Å². The monoisotopic (exact) mass is 352 g/mol. The van der Waals surface area contributed by atoms with Gasteiger partial charge in [-0.15, -0.1) is 0 Å². The lowest BCUT2D eigenvalue weighted by atomic mass is 9.89. The summed E-state index contributed by atoms with van der Waals surface area (Å²) in [6.07, 6.45) is 13.1. The Bertz CT molecular complexity index is 632. The van der Waals surface area contributed by atoms with Crippen LogP contribution in [0.1, 0.15) is 87.8 Å². The van der Waals surface area contributed by atoms with E-state index in [-0.39, 0.29) is 0 Å². The molecule has 0 aliphatic rings. The second-order valence-electron chi connectivity index (χ2n) is 7.66. The SMILES string of the molecule is CCCCCCCCCCc1ccccc1CC(C)c1ccccc1O. The summed E-state index contributed by atoms with van der Waals surface area (Å²) < 4.78 is 0. The lowest BCUT2D eigenvalue weighted by Crippen LogP contribution is -2.02. The number of para-hydroxylation sites is 1. The van der Waals surface area contributed by atoms with E-state index in [1.54, 1.807) is 6.07 Å². The van der Waals surface area contributed by atoms with Crippen molar-refractivity contribution in [3.8, 4) is 5.75 Å². The van der Waals surface area contributed by atoms with Gasteiger partial charge in [0.2, 0.25) is 0 Å². The molecule has 142 valence electrons. The zero-order valence-electron chi connectivity index (χ0n) is 16.7. The molecule has 1 heteroatoms. The summed E-state index contributed by atoms with van der Waals surface area (Å²) in [6.45, 7) is 4.49. The average molecular weight is 353 g/mol. The molecule has 2 rings (SSSR count). The number of rotatable bonds is 12. The van der Waals surface area contributed by atoms with Gasteiger partial charge in [-0.25, -0.2) is 0 Å². The summed E-state index contributed by atoms with van der Waals surface area (Å²) in [5.41, 5.74) is 3.97. The highest BCUT2D eigenvalue weighted by molar-refractivity contribution is 5.37. The van der Waals surface area contributed by atoms with Gasteiger partial charge < -0.3 is 5.11 Å². The van der Waals surface area contributed by atoms with Gasteiger partial charge in [0, 0.05) is 0 Å². The van der Waals surface area contributed by atoms with E-state index in [0.29, 0.717) is 11.7 Å². The summed E-state index contributed by atoms with van der Waals surface area (Å²) >= 11 is 0. The number of hydrogen-bond donors (Lipinski definition) is 1. The topological polar surface area (TPSA) is 20.2 Å². The van der Waals surface area contributed by atoms with Gasteiger partial charge in [0.15, 0.2) is 0 Å². The summed E-state index contributed by atoms with van der Waals surface area (Å²) in [4.78, 5) is 0. The normalized spacial score (nSPS) is 12.2. The number of phenolic OH excluding ortho intramolecular Hbond substituents is 1. The van der Waals surface area contributed by atoms with Crippen LogP contribution >= 0.6 is 0 Å². The number of hydrogen-bond acceptors (Lipinski definition) is 1. The van der Waals surface area contributed by atoms with Crippen molar-refractivity contribution in [1.29, 1.82) is 0 Å². The van der Waals surface area contributed by atoms with Crippen LogP contribution in [0.3, 0.4) is 0 Å². The van der Waals surface area contributed by atoms with E-state index in [1.165, 1.54) is 68.9 Å². The minimum absolute atomic E-state index is 0.330. The predicted molar refractivity (Wildman–Crippen MR) is 113 cm³/mol. The average Bonchev–Trinajstić information content (AvgIpc) is 2.65. The molecular weight excluding hydrogens is 316 g/mol. The van der Waals surface area contributed by atoms with Crippen LogP contribution in [0.5, 0.6) is 5.75 Å². The van der Waals surface area contributed by atoms with Gasteiger partial charge in [0.05, 0.1) is 0 Å². The molecule has 0 bridgehead atoms. The molecule has 2 aromatic rings. The van der Waals surface area contributed by atoms with Crippen molar-refractivity contribution in [2.24, 2.45) is 0 Å². The molecule has 0 aliphatic heterocycles. The lowest BCUT2D eigenvalue weighted by Gasteiger charge is -2.16. The fourth-order valence-electron chi connectivity index (χ4n) is 3.79. The molecule has 2 aromatic carbocycles. The summed E-state index contributed by atoms with van der Waals surface area (Å²) in [5, 5.41) is 10.1. The number of aryl methyl sites for hydroxylation is 1. The van der Waals surface area contributed by atoms with E-state index < -0.39 is 0 Å². The van der Waals surface area contributed by atoms with Crippen LogP contribution in [0, 0.1) is 0 Å². The van der Waals surface area contributed by atoms with Gasteiger partial charge in [-0.2, -0.15) is 0 Å². The number of benzene rings is 2. The maximum atomic E-state index is 10.1. The first kappa shape index (κ1) is 20.6. The fraction of sp³-hybridized carbons (Fsp3) is 0.520. The predicted octanol–water partition coefficient (Wildman–Crippen LogP) is 7.42. The van der Waals surface area contributed by atoms with Crippen molar-refractivity contribution < 1.29 is 5.11 Å². The van der Waals surface area contributed by atoms with Crippen LogP contribution in [-0.4, -0.2) is 5.11 Å². The maximum Gasteiger partial charge on any atom is 0.119 e. The Balaban J connectivity index is 1.81. The molecule has 0 fully saturated rings. The molecular formula is C25H36O. The van der Waals surface area contributed by atoms with Crippen LogP contribution in [0.25, 0.3) is 0 Å². The summed E-state index contributed by atoms with van der Waals surface area (Å²) in [5.74, 6) is 0.747. The van der Waals surface area contributed by atoms with E-state index in [0.717, 1.165) is 12.0 Å². The van der Waals surface area contributed by atoms with Crippen molar-refractivity contribution in [3.63, 3.8) is 0 Å². The quantitative estimate of drug-likeness (QED) is 0.394. The van der Waals surface area contributed by atoms with Crippen LogP contribution < -0.4 is 0 Å². The zero-order valence-corrected chi connectivity index (χ0v) is 16.7. The van der Waals surface area contributed by atoms with E-state index in [4.69, 9.17) is 0 Å². The van der Waals surface area contributed by atoms with Gasteiger partial charge in [0.1, 0.15) is 5.75 Å². The molecule has 0 heterocycles. The van der Waals surface area contributed by atoms with Gasteiger partial charge in [-0.3, -0.25) is 0 Å². The van der Waals surface area contributed by atoms with E-state index in [1.807, 2.05) is 18.2 Å². The fourth-order valence-corrected chi connectivity index (χ4v) is 3.79. The second kappa shape index (κ2) is 11.8. The molecule has 0 aliphatic carbocycles. The van der Waals surface area contributed by atoms with Crippen molar-refractivity contribution in [2.75, 3.05) is 0 Å². The van der Waals surface area contributed by atoms with Gasteiger partial charge >= 0.3 is 0 Å². The third-order valence-corrected chi connectivity index (χ3v) is 5.41.